The molecule has 2 fully saturated rings. The summed E-state index contributed by atoms with van der Waals surface area (Å²) in [5.41, 5.74) is 8.55. The van der Waals surface area contributed by atoms with Gasteiger partial charge in [0.25, 0.3) is 0 Å². The van der Waals surface area contributed by atoms with Crippen molar-refractivity contribution in [1.29, 1.82) is 5.26 Å². The third-order valence-electron chi connectivity index (χ3n) is 4.91. The van der Waals surface area contributed by atoms with Crippen LogP contribution in [0.4, 0.5) is 5.69 Å². The van der Waals surface area contributed by atoms with Crippen LogP contribution in [-0.4, -0.2) is 36.6 Å². The third kappa shape index (κ3) is 2.76. The van der Waals surface area contributed by atoms with Crippen molar-refractivity contribution in [2.75, 3.05) is 24.5 Å². The lowest BCUT2D eigenvalue weighted by atomic mass is 9.96. The van der Waals surface area contributed by atoms with E-state index in [1.807, 2.05) is 6.07 Å². The van der Waals surface area contributed by atoms with Gasteiger partial charge >= 0.3 is 0 Å². The molecule has 21 heavy (non-hydrogen) atoms. The smallest absolute Gasteiger partial charge is 0.101 e. The Hall–Kier alpha value is -1.57. The lowest BCUT2D eigenvalue weighted by molar-refractivity contribution is 0.115. The number of benzene rings is 1. The molecule has 0 amide bonds. The Labute approximate surface area is 127 Å². The summed E-state index contributed by atoms with van der Waals surface area (Å²) in [4.78, 5) is 5.05. The monoisotopic (exact) mass is 284 g/mol. The lowest BCUT2D eigenvalue weighted by Crippen LogP contribution is -2.59. The zero-order valence-corrected chi connectivity index (χ0v) is 12.8. The van der Waals surface area contributed by atoms with Gasteiger partial charge < -0.3 is 10.6 Å². The molecule has 2 saturated heterocycles. The van der Waals surface area contributed by atoms with Gasteiger partial charge in [-0.3, -0.25) is 4.90 Å². The molecule has 3 rings (SSSR count). The second-order valence-corrected chi connectivity index (χ2v) is 6.31. The van der Waals surface area contributed by atoms with Crippen LogP contribution < -0.4 is 10.6 Å². The van der Waals surface area contributed by atoms with Crippen LogP contribution in [0.15, 0.2) is 18.2 Å². The van der Waals surface area contributed by atoms with Crippen molar-refractivity contribution in [3.05, 3.63) is 29.3 Å². The molecule has 0 radical (unpaired) electrons. The molecule has 1 aromatic carbocycles. The molecular formula is C17H24N4. The zero-order valence-electron chi connectivity index (χ0n) is 12.8. The van der Waals surface area contributed by atoms with Crippen LogP contribution in [0.2, 0.25) is 0 Å². The number of rotatable bonds is 2. The Morgan fingerprint density at radius 1 is 1.33 bits per heavy atom. The Morgan fingerprint density at radius 3 is 2.95 bits per heavy atom. The molecule has 2 N–H and O–H groups in total. The second-order valence-electron chi connectivity index (χ2n) is 6.31. The van der Waals surface area contributed by atoms with Crippen LogP contribution in [-0.2, 0) is 6.54 Å². The van der Waals surface area contributed by atoms with Crippen LogP contribution in [0.3, 0.4) is 0 Å². The van der Waals surface area contributed by atoms with Gasteiger partial charge in [0.05, 0.1) is 11.3 Å². The number of nitriles is 1. The van der Waals surface area contributed by atoms with Crippen molar-refractivity contribution >= 4 is 5.69 Å². The van der Waals surface area contributed by atoms with Gasteiger partial charge in [0.1, 0.15) is 6.07 Å². The molecule has 4 heteroatoms. The van der Waals surface area contributed by atoms with E-state index < -0.39 is 0 Å². The summed E-state index contributed by atoms with van der Waals surface area (Å²) in [6.07, 6.45) is 3.95. The molecule has 0 spiro atoms. The summed E-state index contributed by atoms with van der Waals surface area (Å²) in [6, 6.07) is 9.52. The number of piperidine rings is 1. The summed E-state index contributed by atoms with van der Waals surface area (Å²) in [6.45, 7) is 6.13. The SMILES string of the molecule is CC1CN2CCCCC2CN1c1ccc(CN)cc1C#N. The molecule has 0 aromatic heterocycles. The Kier molecular flexibility index (Phi) is 4.14. The first-order chi connectivity index (χ1) is 10.2. The fourth-order valence-corrected chi connectivity index (χ4v) is 3.74. The van der Waals surface area contributed by atoms with Gasteiger partial charge in [0.15, 0.2) is 0 Å². The first-order valence-corrected chi connectivity index (χ1v) is 7.96. The van der Waals surface area contributed by atoms with E-state index in [2.05, 4.69) is 34.9 Å². The summed E-state index contributed by atoms with van der Waals surface area (Å²) in [7, 11) is 0. The Morgan fingerprint density at radius 2 is 2.19 bits per heavy atom. The first kappa shape index (κ1) is 14.4. The first-order valence-electron chi connectivity index (χ1n) is 7.96. The average Bonchev–Trinajstić information content (AvgIpc) is 2.53. The molecule has 2 atom stereocenters. The van der Waals surface area contributed by atoms with Gasteiger partial charge in [-0.15, -0.1) is 0 Å². The molecule has 0 saturated carbocycles. The van der Waals surface area contributed by atoms with Gasteiger partial charge in [-0.1, -0.05) is 12.5 Å². The maximum atomic E-state index is 9.46. The molecule has 0 bridgehead atoms. The molecule has 1 aromatic rings. The molecule has 2 aliphatic rings. The van der Waals surface area contributed by atoms with Gasteiger partial charge in [-0.05, 0) is 44.0 Å². The molecule has 0 aliphatic carbocycles. The van der Waals surface area contributed by atoms with Gasteiger partial charge in [0.2, 0.25) is 0 Å². The maximum absolute atomic E-state index is 9.46. The zero-order chi connectivity index (χ0) is 14.8. The molecule has 2 aliphatic heterocycles. The highest BCUT2D eigenvalue weighted by atomic mass is 15.3. The summed E-state index contributed by atoms with van der Waals surface area (Å²) in [5, 5.41) is 9.46. The van der Waals surface area contributed by atoms with E-state index in [0.29, 0.717) is 18.6 Å². The maximum Gasteiger partial charge on any atom is 0.101 e. The minimum atomic E-state index is 0.454. The minimum absolute atomic E-state index is 0.454. The molecule has 2 heterocycles. The average molecular weight is 284 g/mol. The highest BCUT2D eigenvalue weighted by Crippen LogP contribution is 2.30. The molecule has 4 nitrogen and oxygen atoms in total. The number of anilines is 1. The minimum Gasteiger partial charge on any atom is -0.365 e. The number of nitrogens with zero attached hydrogens (tertiary/aromatic N) is 3. The molecular weight excluding hydrogens is 260 g/mol. The quantitative estimate of drug-likeness (QED) is 0.903. The summed E-state index contributed by atoms with van der Waals surface area (Å²) in [5.74, 6) is 0. The number of nitrogens with two attached hydrogens (primary N) is 1. The lowest BCUT2D eigenvalue weighted by Gasteiger charge is -2.48. The van der Waals surface area contributed by atoms with Crippen LogP contribution in [0, 0.1) is 11.3 Å². The largest absolute Gasteiger partial charge is 0.365 e. The van der Waals surface area contributed by atoms with E-state index in [9.17, 15) is 5.26 Å². The van der Waals surface area contributed by atoms with Crippen molar-refractivity contribution in [2.45, 2.75) is 44.8 Å². The molecule has 2 unspecified atom stereocenters. The Balaban J connectivity index is 1.87. The predicted octanol–water partition coefficient (Wildman–Crippen LogP) is 2.08. The van der Waals surface area contributed by atoms with E-state index in [1.54, 1.807) is 0 Å². The third-order valence-corrected chi connectivity index (χ3v) is 4.91. The Bertz CT molecular complexity index is 548. The van der Waals surface area contributed by atoms with E-state index >= 15 is 0 Å². The number of hydrogen-bond donors (Lipinski definition) is 1. The van der Waals surface area contributed by atoms with Crippen LogP contribution >= 0.6 is 0 Å². The van der Waals surface area contributed by atoms with Crippen molar-refractivity contribution in [3.8, 4) is 6.07 Å². The van der Waals surface area contributed by atoms with Gasteiger partial charge in [-0.25, -0.2) is 0 Å². The molecule has 112 valence electrons. The van der Waals surface area contributed by atoms with Gasteiger partial charge in [0, 0.05) is 31.7 Å². The van der Waals surface area contributed by atoms with Crippen LogP contribution in [0.25, 0.3) is 0 Å². The topological polar surface area (TPSA) is 56.3 Å². The van der Waals surface area contributed by atoms with E-state index in [0.717, 1.165) is 29.9 Å². The number of hydrogen-bond acceptors (Lipinski definition) is 4. The highest BCUT2D eigenvalue weighted by Gasteiger charge is 2.33. The van der Waals surface area contributed by atoms with Gasteiger partial charge in [-0.2, -0.15) is 5.26 Å². The number of fused-ring (bicyclic) bond motifs is 1. The van der Waals surface area contributed by atoms with Crippen molar-refractivity contribution in [3.63, 3.8) is 0 Å². The van der Waals surface area contributed by atoms with E-state index in [4.69, 9.17) is 5.73 Å². The van der Waals surface area contributed by atoms with E-state index in [1.165, 1.54) is 25.8 Å². The van der Waals surface area contributed by atoms with Crippen LogP contribution in [0.5, 0.6) is 0 Å². The van der Waals surface area contributed by atoms with Crippen molar-refractivity contribution < 1.29 is 0 Å². The van der Waals surface area contributed by atoms with Crippen molar-refractivity contribution in [1.82, 2.24) is 4.90 Å². The van der Waals surface area contributed by atoms with Crippen LogP contribution in [0.1, 0.15) is 37.3 Å². The predicted molar refractivity (Wildman–Crippen MR) is 85.1 cm³/mol. The fourth-order valence-electron chi connectivity index (χ4n) is 3.74. The fraction of sp³-hybridized carbons (Fsp3) is 0.588. The summed E-state index contributed by atoms with van der Waals surface area (Å²) < 4.78 is 0. The summed E-state index contributed by atoms with van der Waals surface area (Å²) >= 11 is 0. The number of piperazine rings is 1. The normalized spacial score (nSPS) is 26.2. The van der Waals surface area contributed by atoms with E-state index in [-0.39, 0.29) is 0 Å². The highest BCUT2D eigenvalue weighted by molar-refractivity contribution is 5.61. The van der Waals surface area contributed by atoms with Crippen molar-refractivity contribution in [2.24, 2.45) is 5.73 Å². The standard InChI is InChI=1S/C17H24N4/c1-13-11-20-7-3-2-4-16(20)12-21(13)17-6-5-14(9-18)8-15(17)10-19/h5-6,8,13,16H,2-4,7,9,11-12,18H2,1H3. The second kappa shape index (κ2) is 6.05.